The Labute approximate surface area is 209 Å². The van der Waals surface area contributed by atoms with Crippen LogP contribution in [0.3, 0.4) is 0 Å². The van der Waals surface area contributed by atoms with Crippen LogP contribution in [-0.2, 0) is 13.0 Å². The summed E-state index contributed by atoms with van der Waals surface area (Å²) in [5.41, 5.74) is 6.46. The largest absolute Gasteiger partial charge is 0.292 e. The molecule has 5 rings (SSSR count). The molecule has 0 radical (unpaired) electrons. The van der Waals surface area contributed by atoms with E-state index in [9.17, 15) is 4.79 Å². The lowest BCUT2D eigenvalue weighted by Crippen LogP contribution is -2.28. The Kier molecular flexibility index (Phi) is 6.80. The van der Waals surface area contributed by atoms with E-state index in [1.54, 1.807) is 0 Å². The summed E-state index contributed by atoms with van der Waals surface area (Å²) in [6.45, 7) is 4.50. The molecule has 0 spiro atoms. The first-order chi connectivity index (χ1) is 17.7. The summed E-state index contributed by atoms with van der Waals surface area (Å²) < 4.78 is 1.83. The lowest BCUT2D eigenvalue weighted by Gasteiger charge is -2.16. The van der Waals surface area contributed by atoms with E-state index in [0.29, 0.717) is 17.9 Å². The van der Waals surface area contributed by atoms with Crippen molar-refractivity contribution in [2.75, 3.05) is 0 Å². The minimum absolute atomic E-state index is 0.0153. The molecule has 5 aromatic rings. The van der Waals surface area contributed by atoms with Gasteiger partial charge in [0.2, 0.25) is 5.82 Å². The van der Waals surface area contributed by atoms with E-state index in [-0.39, 0.29) is 5.56 Å². The molecule has 0 amide bonds. The molecule has 3 aromatic carbocycles. The first-order valence-corrected chi connectivity index (χ1v) is 12.2. The summed E-state index contributed by atoms with van der Waals surface area (Å²) in [4.78, 5) is 18.5. The van der Waals surface area contributed by atoms with Crippen molar-refractivity contribution >= 4 is 0 Å². The van der Waals surface area contributed by atoms with Crippen LogP contribution >= 0.6 is 0 Å². The minimum Gasteiger partial charge on any atom is -0.292 e. The number of hydrogen-bond acceptors (Lipinski definition) is 5. The average molecular weight is 477 g/mol. The highest BCUT2D eigenvalue weighted by molar-refractivity contribution is 5.80. The number of aromatic amines is 1. The fourth-order valence-corrected chi connectivity index (χ4v) is 4.44. The number of hydrogen-bond donors (Lipinski definition) is 1. The molecular formula is C29H28N6O. The molecule has 0 aliphatic heterocycles. The molecule has 2 heterocycles. The second-order valence-corrected chi connectivity index (χ2v) is 8.84. The Morgan fingerprint density at radius 1 is 0.861 bits per heavy atom. The van der Waals surface area contributed by atoms with Crippen molar-refractivity contribution in [3.63, 3.8) is 0 Å². The number of aromatic nitrogens is 6. The maximum Gasteiger partial charge on any atom is 0.257 e. The molecule has 180 valence electrons. The van der Waals surface area contributed by atoms with Gasteiger partial charge in [0.25, 0.3) is 5.56 Å². The predicted octanol–water partition coefficient (Wildman–Crippen LogP) is 5.46. The molecule has 7 nitrogen and oxygen atoms in total. The summed E-state index contributed by atoms with van der Waals surface area (Å²) in [5, 5.41) is 14.5. The number of H-pyrrole nitrogens is 1. The van der Waals surface area contributed by atoms with Gasteiger partial charge in [-0.15, -0.1) is 10.2 Å². The van der Waals surface area contributed by atoms with E-state index in [0.717, 1.165) is 58.6 Å². The quantitative estimate of drug-likeness (QED) is 0.321. The standard InChI is InChI=1S/C29H28N6O/c1-3-4-14-26-30-27(23-10-6-5-7-11-23)20(2)29(36)35(26)19-21-15-17-22(18-16-21)24-12-8-9-13-25(24)28-31-33-34-32-28/h5-13,15-18H,3-4,14,19H2,1-2H3,(H,31,32,33,34). The predicted molar refractivity (Wildman–Crippen MR) is 141 cm³/mol. The first-order valence-electron chi connectivity index (χ1n) is 12.2. The van der Waals surface area contributed by atoms with Crippen molar-refractivity contribution in [1.29, 1.82) is 0 Å². The smallest absolute Gasteiger partial charge is 0.257 e. The molecule has 1 N–H and O–H groups in total. The fourth-order valence-electron chi connectivity index (χ4n) is 4.44. The van der Waals surface area contributed by atoms with Gasteiger partial charge < -0.3 is 0 Å². The van der Waals surface area contributed by atoms with Crippen LogP contribution in [0.1, 0.15) is 36.7 Å². The molecule has 0 aliphatic rings. The van der Waals surface area contributed by atoms with E-state index in [2.05, 4.69) is 51.8 Å². The Bertz CT molecular complexity index is 1510. The summed E-state index contributed by atoms with van der Waals surface area (Å²) in [7, 11) is 0. The Morgan fingerprint density at radius 3 is 2.28 bits per heavy atom. The zero-order chi connectivity index (χ0) is 24.9. The maximum absolute atomic E-state index is 13.5. The lowest BCUT2D eigenvalue weighted by atomic mass is 9.98. The van der Waals surface area contributed by atoms with Crippen molar-refractivity contribution in [1.82, 2.24) is 30.2 Å². The second-order valence-electron chi connectivity index (χ2n) is 8.84. The molecule has 7 heteroatoms. The van der Waals surface area contributed by atoms with Gasteiger partial charge in [-0.1, -0.05) is 92.2 Å². The highest BCUT2D eigenvalue weighted by Crippen LogP contribution is 2.30. The first kappa shape index (κ1) is 23.4. The van der Waals surface area contributed by atoms with Gasteiger partial charge in [0.1, 0.15) is 5.82 Å². The fraction of sp³-hybridized carbons (Fsp3) is 0.207. The molecule has 0 fully saturated rings. The van der Waals surface area contributed by atoms with Crippen LogP contribution in [0, 0.1) is 6.92 Å². The molecule has 0 saturated heterocycles. The van der Waals surface area contributed by atoms with Crippen LogP contribution in [0.5, 0.6) is 0 Å². The third-order valence-corrected chi connectivity index (χ3v) is 6.39. The maximum atomic E-state index is 13.5. The number of aryl methyl sites for hydroxylation is 1. The van der Waals surface area contributed by atoms with Gasteiger partial charge in [0.15, 0.2) is 0 Å². The van der Waals surface area contributed by atoms with Gasteiger partial charge in [-0.05, 0) is 35.2 Å². The topological polar surface area (TPSA) is 89.4 Å². The summed E-state index contributed by atoms with van der Waals surface area (Å²) >= 11 is 0. The van der Waals surface area contributed by atoms with Crippen LogP contribution in [0.2, 0.25) is 0 Å². The molecule has 36 heavy (non-hydrogen) atoms. The number of unbranched alkanes of at least 4 members (excludes halogenated alkanes) is 1. The van der Waals surface area contributed by atoms with Crippen LogP contribution in [0.25, 0.3) is 33.8 Å². The summed E-state index contributed by atoms with van der Waals surface area (Å²) in [6.07, 6.45) is 2.79. The second kappa shape index (κ2) is 10.5. The number of tetrazole rings is 1. The molecule has 2 aromatic heterocycles. The Hall–Kier alpha value is -4.39. The highest BCUT2D eigenvalue weighted by Gasteiger charge is 2.16. The Morgan fingerprint density at radius 2 is 1.58 bits per heavy atom. The van der Waals surface area contributed by atoms with Gasteiger partial charge in [-0.25, -0.2) is 4.98 Å². The van der Waals surface area contributed by atoms with Crippen LogP contribution in [0.4, 0.5) is 0 Å². The molecular weight excluding hydrogens is 448 g/mol. The van der Waals surface area contributed by atoms with Crippen LogP contribution < -0.4 is 5.56 Å². The van der Waals surface area contributed by atoms with Gasteiger partial charge in [-0.3, -0.25) is 9.36 Å². The number of nitrogens with zero attached hydrogens (tertiary/aromatic N) is 5. The number of benzene rings is 3. The zero-order valence-corrected chi connectivity index (χ0v) is 20.5. The van der Waals surface area contributed by atoms with Gasteiger partial charge in [0, 0.05) is 23.1 Å². The van der Waals surface area contributed by atoms with Crippen molar-refractivity contribution < 1.29 is 0 Å². The van der Waals surface area contributed by atoms with Crippen LogP contribution in [0.15, 0.2) is 83.7 Å². The third kappa shape index (κ3) is 4.73. The van der Waals surface area contributed by atoms with Crippen molar-refractivity contribution in [3.8, 4) is 33.8 Å². The van der Waals surface area contributed by atoms with Crippen molar-refractivity contribution in [3.05, 3.63) is 106 Å². The monoisotopic (exact) mass is 476 g/mol. The van der Waals surface area contributed by atoms with E-state index in [4.69, 9.17) is 4.98 Å². The zero-order valence-electron chi connectivity index (χ0n) is 20.5. The van der Waals surface area contributed by atoms with Gasteiger partial charge in [0.05, 0.1) is 12.2 Å². The van der Waals surface area contributed by atoms with Crippen molar-refractivity contribution in [2.45, 2.75) is 39.7 Å². The van der Waals surface area contributed by atoms with Crippen molar-refractivity contribution in [2.24, 2.45) is 0 Å². The number of nitrogens with one attached hydrogen (secondary N) is 1. The number of rotatable bonds is 8. The highest BCUT2D eigenvalue weighted by atomic mass is 16.1. The van der Waals surface area contributed by atoms with Gasteiger partial charge >= 0.3 is 0 Å². The Balaban J connectivity index is 1.49. The summed E-state index contributed by atoms with van der Waals surface area (Å²) in [5.74, 6) is 1.39. The van der Waals surface area contributed by atoms with E-state index < -0.39 is 0 Å². The summed E-state index contributed by atoms with van der Waals surface area (Å²) in [6, 6.07) is 26.2. The normalized spacial score (nSPS) is 11.1. The SMILES string of the molecule is CCCCc1nc(-c2ccccc2)c(C)c(=O)n1Cc1ccc(-c2ccccc2-c2nn[nH]n2)cc1. The molecule has 0 bridgehead atoms. The molecule has 0 aliphatic carbocycles. The third-order valence-electron chi connectivity index (χ3n) is 6.39. The molecule has 0 saturated carbocycles. The average Bonchev–Trinajstić information content (AvgIpc) is 3.47. The van der Waals surface area contributed by atoms with E-state index >= 15 is 0 Å². The molecule has 0 atom stereocenters. The minimum atomic E-state index is 0.0153. The lowest BCUT2D eigenvalue weighted by molar-refractivity contribution is 0.634. The van der Waals surface area contributed by atoms with Crippen LogP contribution in [-0.4, -0.2) is 30.2 Å². The van der Waals surface area contributed by atoms with E-state index in [1.165, 1.54) is 0 Å². The molecule has 0 unspecified atom stereocenters. The van der Waals surface area contributed by atoms with Gasteiger partial charge in [-0.2, -0.15) is 5.21 Å². The van der Waals surface area contributed by atoms with E-state index in [1.807, 2.05) is 66.1 Å².